The topological polar surface area (TPSA) is 46.6 Å². The van der Waals surface area contributed by atoms with Gasteiger partial charge in [0.1, 0.15) is 9.57 Å². The number of carbonyl (C=O) groups is 2. The van der Waals surface area contributed by atoms with Crippen molar-refractivity contribution >= 4 is 51.1 Å². The summed E-state index contributed by atoms with van der Waals surface area (Å²) in [5, 5.41) is 0. The lowest BCUT2D eigenvalue weighted by molar-refractivity contribution is -0.150. The van der Waals surface area contributed by atoms with Crippen LogP contribution >= 0.6 is 35.7 Å². The van der Waals surface area contributed by atoms with Crippen LogP contribution in [0.4, 0.5) is 0 Å². The molecule has 1 aliphatic heterocycles. The predicted octanol–water partition coefficient (Wildman–Crippen LogP) is 2.31. The number of hydrogen-bond donors (Lipinski definition) is 0. The van der Waals surface area contributed by atoms with Gasteiger partial charge >= 0.3 is 5.97 Å². The third kappa shape index (κ3) is 5.31. The van der Waals surface area contributed by atoms with E-state index < -0.39 is 0 Å². The first-order valence-corrected chi connectivity index (χ1v) is 8.65. The average Bonchev–Trinajstić information content (AvgIpc) is 2.87. The number of esters is 1. The third-order valence-corrected chi connectivity index (χ3v) is 5.43. The van der Waals surface area contributed by atoms with Gasteiger partial charge in [-0.25, -0.2) is 4.79 Å². The molecule has 0 N–H and O–H groups in total. The minimum absolute atomic E-state index is 0.0182. The molecule has 0 spiro atoms. The second-order valence-electron chi connectivity index (χ2n) is 4.05. The Morgan fingerprint density at radius 1 is 1.42 bits per heavy atom. The van der Waals surface area contributed by atoms with E-state index in [4.69, 9.17) is 17.0 Å². The van der Waals surface area contributed by atoms with Gasteiger partial charge in [0.05, 0.1) is 7.11 Å². The molecule has 0 unspecified atom stereocenters. The number of thiocarbonyl (C=S) groups is 1. The van der Waals surface area contributed by atoms with Crippen molar-refractivity contribution in [1.82, 2.24) is 4.90 Å². The molecule has 108 valence electrons. The van der Waals surface area contributed by atoms with E-state index in [9.17, 15) is 9.59 Å². The molecule has 0 bridgehead atoms. The first-order valence-electron chi connectivity index (χ1n) is 6.27. The Balaban J connectivity index is 2.36. The Morgan fingerprint density at radius 2 is 2.16 bits per heavy atom. The Kier molecular flexibility index (Phi) is 7.78. The third-order valence-electron chi connectivity index (χ3n) is 2.84. The van der Waals surface area contributed by atoms with Gasteiger partial charge in [0, 0.05) is 18.7 Å². The van der Waals surface area contributed by atoms with Gasteiger partial charge in [0.2, 0.25) is 5.91 Å². The standard InChI is InChI=1S/C12H19NO3S3/c1-3-18-12(17)19-8-6-10(14)13-7-4-5-9(13)11(15)16-2/h9H,3-8H2,1-2H3/t9-/m0/s1. The van der Waals surface area contributed by atoms with Crippen LogP contribution in [0.5, 0.6) is 0 Å². The Bertz CT molecular complexity index is 349. The normalized spacial score (nSPS) is 18.4. The van der Waals surface area contributed by atoms with Crippen molar-refractivity contribution in [2.24, 2.45) is 0 Å². The molecular formula is C12H19NO3S3. The van der Waals surface area contributed by atoms with E-state index in [-0.39, 0.29) is 17.9 Å². The molecule has 0 aromatic heterocycles. The zero-order chi connectivity index (χ0) is 14.3. The highest BCUT2D eigenvalue weighted by molar-refractivity contribution is 8.47. The summed E-state index contributed by atoms with van der Waals surface area (Å²) < 4.78 is 5.60. The van der Waals surface area contributed by atoms with E-state index in [0.717, 1.165) is 15.7 Å². The molecule has 0 radical (unpaired) electrons. The molecule has 1 fully saturated rings. The highest BCUT2D eigenvalue weighted by Gasteiger charge is 2.34. The quantitative estimate of drug-likeness (QED) is 0.572. The lowest BCUT2D eigenvalue weighted by Gasteiger charge is -2.22. The predicted molar refractivity (Wildman–Crippen MR) is 84.6 cm³/mol. The summed E-state index contributed by atoms with van der Waals surface area (Å²) in [7, 11) is 1.36. The lowest BCUT2D eigenvalue weighted by atomic mass is 10.2. The van der Waals surface area contributed by atoms with Gasteiger partial charge in [-0.1, -0.05) is 19.1 Å². The van der Waals surface area contributed by atoms with Gasteiger partial charge < -0.3 is 9.64 Å². The summed E-state index contributed by atoms with van der Waals surface area (Å²) in [5.41, 5.74) is 0. The van der Waals surface area contributed by atoms with Crippen LogP contribution in [0.15, 0.2) is 0 Å². The molecule has 1 atom stereocenters. The number of rotatable bonds is 5. The smallest absolute Gasteiger partial charge is 0.328 e. The minimum Gasteiger partial charge on any atom is -0.467 e. The van der Waals surface area contributed by atoms with Crippen LogP contribution in [0.2, 0.25) is 0 Å². The highest BCUT2D eigenvalue weighted by Crippen LogP contribution is 2.22. The minimum atomic E-state index is -0.389. The second kappa shape index (κ2) is 8.81. The van der Waals surface area contributed by atoms with E-state index in [1.807, 2.05) is 6.92 Å². The van der Waals surface area contributed by atoms with Crippen molar-refractivity contribution < 1.29 is 14.3 Å². The van der Waals surface area contributed by atoms with Crippen molar-refractivity contribution in [3.05, 3.63) is 0 Å². The molecule has 1 amide bonds. The SMILES string of the molecule is CCSC(=S)SCCC(=O)N1CCC[C@H]1C(=O)OC. The zero-order valence-electron chi connectivity index (χ0n) is 11.2. The maximum absolute atomic E-state index is 12.1. The van der Waals surface area contributed by atoms with Gasteiger partial charge in [-0.2, -0.15) is 0 Å². The van der Waals surface area contributed by atoms with Crippen molar-refractivity contribution in [2.75, 3.05) is 25.2 Å². The van der Waals surface area contributed by atoms with Crippen LogP contribution < -0.4 is 0 Å². The van der Waals surface area contributed by atoms with E-state index in [1.54, 1.807) is 16.7 Å². The lowest BCUT2D eigenvalue weighted by Crippen LogP contribution is -2.41. The highest BCUT2D eigenvalue weighted by atomic mass is 32.2. The summed E-state index contributed by atoms with van der Waals surface area (Å²) in [4.78, 5) is 25.3. The zero-order valence-corrected chi connectivity index (χ0v) is 13.7. The fourth-order valence-corrected chi connectivity index (χ4v) is 4.19. The molecule has 1 aliphatic rings. The molecular weight excluding hydrogens is 302 g/mol. The van der Waals surface area contributed by atoms with Gasteiger partial charge in [-0.15, -0.1) is 23.5 Å². The van der Waals surface area contributed by atoms with Crippen molar-refractivity contribution in [3.63, 3.8) is 0 Å². The van der Waals surface area contributed by atoms with Crippen LogP contribution in [0.1, 0.15) is 26.2 Å². The first kappa shape index (κ1) is 16.8. The van der Waals surface area contributed by atoms with E-state index in [2.05, 4.69) is 0 Å². The summed E-state index contributed by atoms with van der Waals surface area (Å²) >= 11 is 8.30. The average molecular weight is 321 g/mol. The second-order valence-corrected chi connectivity index (χ2v) is 7.61. The number of likely N-dealkylation sites (tertiary alicyclic amines) is 1. The maximum atomic E-state index is 12.1. The van der Waals surface area contributed by atoms with Crippen LogP contribution in [0.3, 0.4) is 0 Å². The van der Waals surface area contributed by atoms with Crippen LogP contribution in [0.25, 0.3) is 0 Å². The fraction of sp³-hybridized carbons (Fsp3) is 0.750. The van der Waals surface area contributed by atoms with E-state index in [1.165, 1.54) is 18.9 Å². The first-order chi connectivity index (χ1) is 9.10. The number of methoxy groups -OCH3 is 1. The van der Waals surface area contributed by atoms with Crippen molar-refractivity contribution in [3.8, 4) is 0 Å². The molecule has 0 aliphatic carbocycles. The number of amides is 1. The number of thioether (sulfide) groups is 2. The molecule has 0 saturated carbocycles. The van der Waals surface area contributed by atoms with Gasteiger partial charge in [0.25, 0.3) is 0 Å². The molecule has 0 aromatic carbocycles. The van der Waals surface area contributed by atoms with Crippen LogP contribution in [0, 0.1) is 0 Å². The molecule has 1 saturated heterocycles. The van der Waals surface area contributed by atoms with Crippen LogP contribution in [-0.4, -0.2) is 51.5 Å². The Morgan fingerprint density at radius 3 is 2.79 bits per heavy atom. The number of carbonyl (C=O) groups excluding carboxylic acids is 2. The van der Waals surface area contributed by atoms with Gasteiger partial charge in [0.15, 0.2) is 0 Å². The molecule has 0 aromatic rings. The number of ether oxygens (including phenoxy) is 1. The summed E-state index contributed by atoms with van der Waals surface area (Å²) in [6.45, 7) is 2.70. The van der Waals surface area contributed by atoms with Crippen LogP contribution in [-0.2, 0) is 14.3 Å². The molecule has 19 heavy (non-hydrogen) atoms. The van der Waals surface area contributed by atoms with Gasteiger partial charge in [-0.3, -0.25) is 4.79 Å². The summed E-state index contributed by atoms with van der Waals surface area (Å²) in [5.74, 6) is 1.34. The summed E-state index contributed by atoms with van der Waals surface area (Å²) in [6, 6.07) is -0.389. The van der Waals surface area contributed by atoms with Gasteiger partial charge in [-0.05, 0) is 18.6 Å². The maximum Gasteiger partial charge on any atom is 0.328 e. The van der Waals surface area contributed by atoms with E-state index in [0.29, 0.717) is 25.1 Å². The Labute approximate surface area is 128 Å². The molecule has 4 nitrogen and oxygen atoms in total. The fourth-order valence-electron chi connectivity index (χ4n) is 1.97. The monoisotopic (exact) mass is 321 g/mol. The number of hydrogen-bond acceptors (Lipinski definition) is 6. The van der Waals surface area contributed by atoms with Crippen molar-refractivity contribution in [1.29, 1.82) is 0 Å². The van der Waals surface area contributed by atoms with Crippen molar-refractivity contribution in [2.45, 2.75) is 32.2 Å². The Hall–Kier alpha value is -0.270. The molecule has 1 heterocycles. The molecule has 1 rings (SSSR count). The summed E-state index contributed by atoms with van der Waals surface area (Å²) in [6.07, 6.45) is 1.99. The largest absolute Gasteiger partial charge is 0.467 e. The van der Waals surface area contributed by atoms with E-state index >= 15 is 0 Å². The number of nitrogens with zero attached hydrogens (tertiary/aromatic N) is 1. The molecule has 7 heteroatoms.